The van der Waals surface area contributed by atoms with E-state index in [0.717, 1.165) is 33.3 Å². The van der Waals surface area contributed by atoms with Gasteiger partial charge in [0, 0.05) is 17.0 Å². The number of thioether (sulfide) groups is 1. The lowest BCUT2D eigenvalue weighted by molar-refractivity contribution is -0.113. The number of aryl methyl sites for hydroxylation is 3. The summed E-state index contributed by atoms with van der Waals surface area (Å²) in [5.41, 5.74) is 4.22. The van der Waals surface area contributed by atoms with Crippen molar-refractivity contribution >= 4 is 34.1 Å². The zero-order valence-electron chi connectivity index (χ0n) is 19.7. The van der Waals surface area contributed by atoms with E-state index in [1.54, 1.807) is 0 Å². The predicted molar refractivity (Wildman–Crippen MR) is 138 cm³/mol. The lowest BCUT2D eigenvalue weighted by Gasteiger charge is -2.11. The highest BCUT2D eigenvalue weighted by Crippen LogP contribution is 2.30. The first-order valence-electron chi connectivity index (χ1n) is 11.0. The molecular weight excluding hydrogens is 466 g/mol. The lowest BCUT2D eigenvalue weighted by Crippen LogP contribution is -2.14. The summed E-state index contributed by atoms with van der Waals surface area (Å²) >= 11 is 2.83. The summed E-state index contributed by atoms with van der Waals surface area (Å²) in [5, 5.41) is 12.8. The first-order chi connectivity index (χ1) is 16.4. The second-order valence-corrected chi connectivity index (χ2v) is 9.97. The van der Waals surface area contributed by atoms with E-state index in [4.69, 9.17) is 4.74 Å². The summed E-state index contributed by atoms with van der Waals surface area (Å²) in [5.74, 6) is 1.65. The summed E-state index contributed by atoms with van der Waals surface area (Å²) < 4.78 is 7.94. The molecule has 0 aliphatic carbocycles. The smallest absolute Gasteiger partial charge is 0.236 e. The second-order valence-electron chi connectivity index (χ2n) is 7.83. The lowest BCUT2D eigenvalue weighted by atomic mass is 10.1. The van der Waals surface area contributed by atoms with Crippen molar-refractivity contribution in [2.75, 3.05) is 11.1 Å². The molecule has 1 N–H and O–H groups in total. The summed E-state index contributed by atoms with van der Waals surface area (Å²) in [7, 11) is 0. The van der Waals surface area contributed by atoms with Gasteiger partial charge in [0.2, 0.25) is 5.91 Å². The number of hydrogen-bond acceptors (Lipinski definition) is 7. The molecule has 4 rings (SSSR count). The molecule has 0 spiro atoms. The van der Waals surface area contributed by atoms with Crippen LogP contribution in [0.2, 0.25) is 0 Å². The molecule has 0 aliphatic rings. The average molecular weight is 494 g/mol. The topological polar surface area (TPSA) is 81.9 Å². The summed E-state index contributed by atoms with van der Waals surface area (Å²) in [6.07, 6.45) is 0. The van der Waals surface area contributed by atoms with Crippen LogP contribution in [0, 0.1) is 20.8 Å². The fraction of sp³-hybridized carbons (Fsp3) is 0.280. The van der Waals surface area contributed by atoms with Gasteiger partial charge in [0.15, 0.2) is 16.1 Å². The number of carbonyl (C=O) groups excluding carboxylic acids is 1. The van der Waals surface area contributed by atoms with Gasteiger partial charge in [-0.1, -0.05) is 59.8 Å². The molecule has 4 aromatic rings. The molecule has 9 heteroatoms. The van der Waals surface area contributed by atoms with E-state index in [2.05, 4.69) is 33.5 Å². The number of nitrogens with one attached hydrogen (secondary N) is 1. The van der Waals surface area contributed by atoms with E-state index < -0.39 is 0 Å². The molecule has 2 aromatic heterocycles. The molecule has 34 heavy (non-hydrogen) atoms. The number of hydrogen-bond donors (Lipinski definition) is 1. The maximum Gasteiger partial charge on any atom is 0.236 e. The van der Waals surface area contributed by atoms with Crippen LogP contribution < -0.4 is 10.1 Å². The monoisotopic (exact) mass is 493 g/mol. The van der Waals surface area contributed by atoms with Gasteiger partial charge in [-0.15, -0.1) is 21.5 Å². The van der Waals surface area contributed by atoms with Crippen molar-refractivity contribution in [3.63, 3.8) is 0 Å². The molecule has 2 aromatic carbocycles. The Hall–Kier alpha value is -3.17. The van der Waals surface area contributed by atoms with Crippen molar-refractivity contribution in [3.05, 3.63) is 70.4 Å². The van der Waals surface area contributed by atoms with Crippen LogP contribution in [0.1, 0.15) is 28.8 Å². The standard InChI is InChI=1S/C25H27N5O2S2/c1-5-30-21(14-32-20-12-11-16(2)13-17(20)3)28-29-25(30)33-15-22(31)26-24-27-23(18(4)34-24)19-9-7-6-8-10-19/h6-13H,5,14-15H2,1-4H3,(H,26,27,31). The van der Waals surface area contributed by atoms with E-state index in [1.807, 2.05) is 67.8 Å². The Morgan fingerprint density at radius 1 is 1.12 bits per heavy atom. The minimum absolute atomic E-state index is 0.128. The van der Waals surface area contributed by atoms with Gasteiger partial charge in [-0.25, -0.2) is 4.98 Å². The number of rotatable bonds is 9. The first kappa shape index (κ1) is 24.0. The van der Waals surface area contributed by atoms with Crippen LogP contribution in [0.4, 0.5) is 5.13 Å². The van der Waals surface area contributed by atoms with Gasteiger partial charge in [-0.05, 0) is 39.3 Å². The van der Waals surface area contributed by atoms with Crippen LogP contribution in [0.3, 0.4) is 0 Å². The number of carbonyl (C=O) groups is 1. The van der Waals surface area contributed by atoms with E-state index in [9.17, 15) is 4.79 Å². The molecule has 7 nitrogen and oxygen atoms in total. The fourth-order valence-electron chi connectivity index (χ4n) is 3.55. The van der Waals surface area contributed by atoms with E-state index in [0.29, 0.717) is 23.4 Å². The van der Waals surface area contributed by atoms with Crippen molar-refractivity contribution in [2.24, 2.45) is 0 Å². The molecule has 176 valence electrons. The molecule has 2 heterocycles. The maximum atomic E-state index is 12.6. The van der Waals surface area contributed by atoms with Crippen LogP contribution >= 0.6 is 23.1 Å². The highest BCUT2D eigenvalue weighted by Gasteiger charge is 2.16. The maximum absolute atomic E-state index is 12.6. The van der Waals surface area contributed by atoms with Crippen LogP contribution in [-0.2, 0) is 17.9 Å². The van der Waals surface area contributed by atoms with Gasteiger partial charge in [-0.2, -0.15) is 0 Å². The SMILES string of the molecule is CCn1c(COc2ccc(C)cc2C)nnc1SCC(=O)Nc1nc(-c2ccccc2)c(C)s1. The molecule has 1 amide bonds. The van der Waals surface area contributed by atoms with Crippen molar-refractivity contribution in [2.45, 2.75) is 46.0 Å². The summed E-state index contributed by atoms with van der Waals surface area (Å²) in [6.45, 7) is 9.13. The Morgan fingerprint density at radius 2 is 1.91 bits per heavy atom. The van der Waals surface area contributed by atoms with Crippen LogP contribution in [0.5, 0.6) is 5.75 Å². The van der Waals surface area contributed by atoms with Crippen LogP contribution in [0.25, 0.3) is 11.3 Å². The van der Waals surface area contributed by atoms with E-state index in [1.165, 1.54) is 28.7 Å². The molecule has 0 radical (unpaired) electrons. The first-order valence-corrected chi connectivity index (χ1v) is 12.8. The van der Waals surface area contributed by atoms with Crippen molar-refractivity contribution in [1.29, 1.82) is 0 Å². The number of anilines is 1. The molecule has 0 fully saturated rings. The van der Waals surface area contributed by atoms with Gasteiger partial charge in [-0.3, -0.25) is 4.79 Å². The molecule has 0 saturated heterocycles. The normalized spacial score (nSPS) is 10.9. The van der Waals surface area contributed by atoms with Crippen molar-refractivity contribution in [1.82, 2.24) is 19.7 Å². The minimum Gasteiger partial charge on any atom is -0.485 e. The summed E-state index contributed by atoms with van der Waals surface area (Å²) in [4.78, 5) is 18.2. The van der Waals surface area contributed by atoms with Crippen LogP contribution in [0.15, 0.2) is 53.7 Å². The number of amides is 1. The highest BCUT2D eigenvalue weighted by atomic mass is 32.2. The highest BCUT2D eigenvalue weighted by molar-refractivity contribution is 7.99. The Balaban J connectivity index is 1.35. The molecule has 0 saturated carbocycles. The summed E-state index contributed by atoms with van der Waals surface area (Å²) in [6, 6.07) is 16.1. The third kappa shape index (κ3) is 5.66. The number of nitrogens with zero attached hydrogens (tertiary/aromatic N) is 4. The zero-order valence-corrected chi connectivity index (χ0v) is 21.3. The van der Waals surface area contributed by atoms with Gasteiger partial charge in [0.1, 0.15) is 12.4 Å². The zero-order chi connectivity index (χ0) is 24.1. The predicted octanol–water partition coefficient (Wildman–Crippen LogP) is 5.66. The molecule has 0 aliphatic heterocycles. The largest absolute Gasteiger partial charge is 0.485 e. The van der Waals surface area contributed by atoms with Gasteiger partial charge in [0.25, 0.3) is 0 Å². The third-order valence-corrected chi connectivity index (χ3v) is 7.07. The fourth-order valence-corrected chi connectivity index (χ4v) is 5.23. The quantitative estimate of drug-likeness (QED) is 0.303. The Bertz CT molecular complexity index is 1280. The third-order valence-electron chi connectivity index (χ3n) is 5.22. The molecule has 0 bridgehead atoms. The second kappa shape index (κ2) is 10.8. The minimum atomic E-state index is -0.128. The van der Waals surface area contributed by atoms with Gasteiger partial charge >= 0.3 is 0 Å². The molecule has 0 atom stereocenters. The van der Waals surface area contributed by atoms with E-state index in [-0.39, 0.29) is 11.7 Å². The number of ether oxygens (including phenoxy) is 1. The number of aromatic nitrogens is 4. The van der Waals surface area contributed by atoms with Gasteiger partial charge in [0.05, 0.1) is 11.4 Å². The molecule has 0 unspecified atom stereocenters. The van der Waals surface area contributed by atoms with Crippen molar-refractivity contribution < 1.29 is 9.53 Å². The number of thiazole rings is 1. The Morgan fingerprint density at radius 3 is 2.65 bits per heavy atom. The van der Waals surface area contributed by atoms with Crippen LogP contribution in [-0.4, -0.2) is 31.4 Å². The molecular formula is C25H27N5O2S2. The average Bonchev–Trinajstić information content (AvgIpc) is 3.39. The Kier molecular flexibility index (Phi) is 7.64. The Labute approximate surface area is 207 Å². The van der Waals surface area contributed by atoms with Crippen molar-refractivity contribution in [3.8, 4) is 17.0 Å². The van der Waals surface area contributed by atoms with Gasteiger partial charge < -0.3 is 14.6 Å². The van der Waals surface area contributed by atoms with E-state index >= 15 is 0 Å². The number of benzene rings is 2.